The Balaban J connectivity index is 0.000000214. The minimum absolute atomic E-state index is 0.0337. The van der Waals surface area contributed by atoms with Crippen LogP contribution in [0.4, 0.5) is 30.7 Å². The van der Waals surface area contributed by atoms with E-state index in [-0.39, 0.29) is 70.8 Å². The Kier molecular flexibility index (Phi) is 15.9. The first kappa shape index (κ1) is 53.7. The van der Waals surface area contributed by atoms with Crippen LogP contribution >= 0.6 is 23.2 Å². The smallest absolute Gasteiger partial charge is 0.384 e. The molecule has 0 spiro atoms. The van der Waals surface area contributed by atoms with Crippen LogP contribution in [0, 0.1) is 12.7 Å². The summed E-state index contributed by atoms with van der Waals surface area (Å²) in [7, 11) is 0. The Morgan fingerprint density at radius 3 is 1.81 bits per heavy atom. The third-order valence-electron chi connectivity index (χ3n) is 12.3. The summed E-state index contributed by atoms with van der Waals surface area (Å²) < 4.78 is 97.4. The van der Waals surface area contributed by atoms with E-state index in [0.29, 0.717) is 68.7 Å². The van der Waals surface area contributed by atoms with Gasteiger partial charge in [0.05, 0.1) is 28.6 Å². The molecule has 0 fully saturated rings. The van der Waals surface area contributed by atoms with Gasteiger partial charge in [-0.05, 0) is 85.1 Å². The number of fused-ring (bicyclic) bond motifs is 2. The summed E-state index contributed by atoms with van der Waals surface area (Å²) in [6.45, 7) is 7.49. The molecule has 0 saturated carbocycles. The molecule has 11 nitrogen and oxygen atoms in total. The molecule has 6 aromatic rings. The van der Waals surface area contributed by atoms with Crippen molar-refractivity contribution >= 4 is 79.7 Å². The molecule has 382 valence electrons. The molecule has 2 aliphatic heterocycles. The van der Waals surface area contributed by atoms with Crippen LogP contribution in [-0.4, -0.2) is 60.7 Å². The fraction of sp³-hybridized carbons (Fsp3) is 0.283. The summed E-state index contributed by atoms with van der Waals surface area (Å²) in [5.41, 5.74) is -2.70. The Morgan fingerprint density at radius 2 is 1.22 bits per heavy atom. The van der Waals surface area contributed by atoms with Crippen LogP contribution in [0.3, 0.4) is 0 Å². The van der Waals surface area contributed by atoms with Crippen LogP contribution in [0.15, 0.2) is 113 Å². The monoisotopic (exact) mass is 1050 g/mol. The quantitative estimate of drug-likeness (QED) is 0.0775. The van der Waals surface area contributed by atoms with Crippen molar-refractivity contribution in [3.8, 4) is 0 Å². The molecule has 0 radical (unpaired) electrons. The van der Waals surface area contributed by atoms with E-state index in [9.17, 15) is 49.9 Å². The number of oxime groups is 2. The second-order valence-corrected chi connectivity index (χ2v) is 18.3. The maximum atomic E-state index is 14.4. The first-order valence-electron chi connectivity index (χ1n) is 22.8. The highest BCUT2D eigenvalue weighted by Crippen LogP contribution is 2.50. The van der Waals surface area contributed by atoms with Crippen LogP contribution in [0.25, 0.3) is 21.5 Å². The van der Waals surface area contributed by atoms with Gasteiger partial charge in [-0.25, -0.2) is 4.39 Å². The van der Waals surface area contributed by atoms with Crippen molar-refractivity contribution in [2.75, 3.05) is 19.6 Å². The molecule has 6 aromatic carbocycles. The van der Waals surface area contributed by atoms with Crippen LogP contribution in [-0.2, 0) is 36.6 Å². The SMILES string of the molecule is CCNC(=O)CCC(=O)c1ccc(C2=NOC(C)(c3cc(Cl)c(F)c(C(F)(F)F)c3)C2)c2ccccc12.CCNC(=O)CNC(=O)c1ccc(C2=NOC(c3cc(C)cc(Cl)c3)(C(F)(F)F)C2)c2ccccc12. The van der Waals surface area contributed by atoms with E-state index in [2.05, 4.69) is 26.3 Å². The Morgan fingerprint density at radius 1 is 0.658 bits per heavy atom. The van der Waals surface area contributed by atoms with E-state index in [1.165, 1.54) is 18.2 Å². The zero-order chi connectivity index (χ0) is 53.0. The van der Waals surface area contributed by atoms with Gasteiger partial charge in [0, 0.05) is 77.2 Å². The minimum atomic E-state index is -4.93. The van der Waals surface area contributed by atoms with E-state index in [0.717, 1.165) is 6.07 Å². The highest BCUT2D eigenvalue weighted by atomic mass is 35.5. The van der Waals surface area contributed by atoms with E-state index in [1.54, 1.807) is 100 Å². The topological polar surface area (TPSA) is 148 Å². The molecular formula is C53H46Cl2F7N5O6. The summed E-state index contributed by atoms with van der Waals surface area (Å²) in [5, 5.41) is 17.7. The number of nitrogens with zero attached hydrogens (tertiary/aromatic N) is 2. The molecule has 8 rings (SSSR count). The number of benzene rings is 6. The first-order chi connectivity index (χ1) is 34.5. The van der Waals surface area contributed by atoms with Gasteiger partial charge in [0.25, 0.3) is 11.5 Å². The fourth-order valence-corrected chi connectivity index (χ4v) is 9.17. The lowest BCUT2D eigenvalue weighted by molar-refractivity contribution is -0.275. The molecule has 0 bridgehead atoms. The van der Waals surface area contributed by atoms with Gasteiger partial charge in [-0.15, -0.1) is 0 Å². The van der Waals surface area contributed by atoms with Crippen molar-refractivity contribution in [1.29, 1.82) is 0 Å². The summed E-state index contributed by atoms with van der Waals surface area (Å²) in [5.74, 6) is -2.75. The molecule has 0 saturated heterocycles. The second-order valence-electron chi connectivity index (χ2n) is 17.4. The van der Waals surface area contributed by atoms with Gasteiger partial charge in [-0.1, -0.05) is 106 Å². The highest BCUT2D eigenvalue weighted by molar-refractivity contribution is 6.31. The largest absolute Gasteiger partial charge is 0.435 e. The van der Waals surface area contributed by atoms with E-state index < -0.39 is 52.3 Å². The van der Waals surface area contributed by atoms with E-state index >= 15 is 0 Å². The number of alkyl halides is 6. The number of ketones is 1. The zero-order valence-corrected chi connectivity index (χ0v) is 41.0. The number of hydrogen-bond donors (Lipinski definition) is 3. The van der Waals surface area contributed by atoms with Crippen LogP contribution < -0.4 is 16.0 Å². The van der Waals surface area contributed by atoms with E-state index in [1.807, 2.05) is 0 Å². The summed E-state index contributed by atoms with van der Waals surface area (Å²) in [6, 6.07) is 26.4. The van der Waals surface area contributed by atoms with Crippen molar-refractivity contribution in [2.24, 2.45) is 10.3 Å². The molecule has 3 amide bonds. The molecule has 2 heterocycles. The van der Waals surface area contributed by atoms with Gasteiger partial charge < -0.3 is 25.6 Å². The molecule has 73 heavy (non-hydrogen) atoms. The summed E-state index contributed by atoms with van der Waals surface area (Å²) in [6.07, 6.45) is -10.1. The van der Waals surface area contributed by atoms with Crippen LogP contribution in [0.2, 0.25) is 10.0 Å². The maximum Gasteiger partial charge on any atom is 0.435 e. The molecule has 3 N–H and O–H groups in total. The summed E-state index contributed by atoms with van der Waals surface area (Å²) in [4.78, 5) is 59.9. The number of halogens is 9. The number of hydrogen-bond acceptors (Lipinski definition) is 8. The molecule has 2 aliphatic rings. The standard InChI is InChI=1S/C27H23ClF4N2O3.C26H23ClF3N3O3/c1-3-33-24(36)11-10-23(35)19-9-8-18(16-6-4-5-7-17(16)19)22-14-26(2,37-34-22)15-12-20(27(30,31)32)25(29)21(28)13-15;1-3-31-23(34)14-32-24(35)21-9-8-20(18-6-4-5-7-19(18)21)22-13-25(36-33-22,26(28,29)30)16-10-15(2)11-17(27)12-16/h4-9,12-13H,3,10-11,14H2,1-2H3,(H,33,36);4-12H,3,13-14H2,1-2H3,(H,31,34)(H,32,35). The number of likely N-dealkylation sites (N-methyl/N-ethyl adjacent to an activating group) is 1. The number of amides is 3. The normalized spacial score (nSPS) is 17.4. The molecular weight excluding hydrogens is 1010 g/mol. The van der Waals surface area contributed by atoms with Gasteiger partial charge in [0.1, 0.15) is 0 Å². The highest BCUT2D eigenvalue weighted by Gasteiger charge is 2.62. The number of nitrogens with one attached hydrogen (secondary N) is 3. The molecule has 0 aromatic heterocycles. The minimum Gasteiger partial charge on any atom is -0.384 e. The predicted octanol–water partition coefficient (Wildman–Crippen LogP) is 12.0. The van der Waals surface area contributed by atoms with Crippen molar-refractivity contribution < 1.29 is 59.6 Å². The molecule has 20 heteroatoms. The predicted molar refractivity (Wildman–Crippen MR) is 263 cm³/mol. The number of carbonyl (C=O) groups is 4. The molecule has 0 aliphatic carbocycles. The Bertz CT molecular complexity index is 3200. The zero-order valence-electron chi connectivity index (χ0n) is 39.5. The fourth-order valence-electron chi connectivity index (χ4n) is 8.66. The van der Waals surface area contributed by atoms with Gasteiger partial charge in [-0.2, -0.15) is 26.3 Å². The van der Waals surface area contributed by atoms with Crippen molar-refractivity contribution in [1.82, 2.24) is 16.0 Å². The van der Waals surface area contributed by atoms with Gasteiger partial charge in [-0.3, -0.25) is 19.2 Å². The number of carbonyl (C=O) groups excluding carboxylic acids is 4. The van der Waals surface area contributed by atoms with Gasteiger partial charge >= 0.3 is 12.4 Å². The third kappa shape index (κ3) is 11.4. The van der Waals surface area contributed by atoms with Crippen LogP contribution in [0.1, 0.15) is 101 Å². The lowest BCUT2D eigenvalue weighted by Gasteiger charge is -2.30. The van der Waals surface area contributed by atoms with Crippen molar-refractivity contribution in [3.05, 3.63) is 163 Å². The second kappa shape index (κ2) is 21.6. The van der Waals surface area contributed by atoms with Gasteiger partial charge in [0.15, 0.2) is 17.2 Å². The third-order valence-corrected chi connectivity index (χ3v) is 12.7. The average molecular weight is 1050 g/mol. The number of aryl methyl sites for hydroxylation is 1. The lowest BCUT2D eigenvalue weighted by atomic mass is 9.84. The number of Topliss-reactive ketones (excluding diaryl/α,β-unsaturated/α-hetero) is 1. The number of rotatable bonds is 13. The van der Waals surface area contributed by atoms with Crippen molar-refractivity contribution in [3.63, 3.8) is 0 Å². The Hall–Kier alpha value is -7.05. The van der Waals surface area contributed by atoms with Crippen LogP contribution in [0.5, 0.6) is 0 Å². The Labute approximate surface area is 424 Å². The summed E-state index contributed by atoms with van der Waals surface area (Å²) >= 11 is 11.8. The average Bonchev–Trinajstić information content (AvgIpc) is 3.98. The lowest BCUT2D eigenvalue weighted by Crippen LogP contribution is -2.42. The van der Waals surface area contributed by atoms with Gasteiger partial charge in [0.2, 0.25) is 11.8 Å². The molecule has 2 unspecified atom stereocenters. The molecule has 2 atom stereocenters. The van der Waals surface area contributed by atoms with Crippen molar-refractivity contribution in [2.45, 2.75) is 76.9 Å². The first-order valence-corrected chi connectivity index (χ1v) is 23.6. The maximum absolute atomic E-state index is 14.4. The van der Waals surface area contributed by atoms with E-state index in [4.69, 9.17) is 32.9 Å².